The summed E-state index contributed by atoms with van der Waals surface area (Å²) in [7, 11) is 0. The summed E-state index contributed by atoms with van der Waals surface area (Å²) >= 11 is 3.40. The van der Waals surface area contributed by atoms with Crippen molar-refractivity contribution >= 4 is 27.0 Å². The fourth-order valence-electron chi connectivity index (χ4n) is 1.07. The molecular weight excluding hydrogens is 204 g/mol. The number of nitrogens with zero attached hydrogens (tertiary/aromatic N) is 1. The second kappa shape index (κ2) is 2.66. The van der Waals surface area contributed by atoms with Crippen LogP contribution in [-0.4, -0.2) is 9.97 Å². The van der Waals surface area contributed by atoms with Crippen molar-refractivity contribution in [2.24, 2.45) is 0 Å². The molecule has 0 bridgehead atoms. The number of halogens is 1. The number of hydrogen-bond donors (Lipinski definition) is 1. The average Bonchev–Trinajstić information content (AvgIpc) is 2.50. The van der Waals surface area contributed by atoms with E-state index in [9.17, 15) is 0 Å². The lowest BCUT2D eigenvalue weighted by Gasteiger charge is -1.92. The fraction of sp³-hybridized carbons (Fsp3) is 0.125. The van der Waals surface area contributed by atoms with E-state index in [4.69, 9.17) is 0 Å². The third kappa shape index (κ3) is 1.16. The largest absolute Gasteiger partial charge is 0.345 e. The van der Waals surface area contributed by atoms with Crippen LogP contribution in [0.3, 0.4) is 0 Å². The average molecular weight is 211 g/mol. The van der Waals surface area contributed by atoms with Crippen molar-refractivity contribution in [2.45, 2.75) is 5.33 Å². The van der Waals surface area contributed by atoms with Crippen molar-refractivity contribution < 1.29 is 0 Å². The van der Waals surface area contributed by atoms with Crippen LogP contribution in [0.2, 0.25) is 0 Å². The Bertz CT molecular complexity index is 367. The second-order valence-corrected chi connectivity index (χ2v) is 2.95. The highest BCUT2D eigenvalue weighted by molar-refractivity contribution is 9.08. The normalized spacial score (nSPS) is 10.6. The summed E-state index contributed by atoms with van der Waals surface area (Å²) in [4.78, 5) is 7.19. The first-order valence-electron chi connectivity index (χ1n) is 3.38. The number of H-pyrrole nitrogens is 1. The maximum Gasteiger partial charge on any atom is 0.0931 e. The number of aromatic nitrogens is 2. The Morgan fingerprint density at radius 3 is 3.18 bits per heavy atom. The van der Waals surface area contributed by atoms with Crippen molar-refractivity contribution in [3.05, 3.63) is 30.1 Å². The summed E-state index contributed by atoms with van der Waals surface area (Å²) < 4.78 is 0. The Hall–Kier alpha value is -0.830. The molecule has 1 heterocycles. The molecule has 0 atom stereocenters. The molecule has 0 amide bonds. The number of fused-ring (bicyclic) bond motifs is 1. The molecule has 0 aliphatic heterocycles. The van der Waals surface area contributed by atoms with Gasteiger partial charge in [-0.05, 0) is 17.7 Å². The number of benzene rings is 1. The van der Waals surface area contributed by atoms with Gasteiger partial charge in [0.2, 0.25) is 0 Å². The van der Waals surface area contributed by atoms with E-state index in [1.165, 1.54) is 5.56 Å². The van der Waals surface area contributed by atoms with Gasteiger partial charge in [0.1, 0.15) is 0 Å². The highest BCUT2D eigenvalue weighted by Crippen LogP contribution is 2.13. The van der Waals surface area contributed by atoms with Crippen LogP contribution in [0.25, 0.3) is 11.0 Å². The zero-order valence-corrected chi connectivity index (χ0v) is 7.43. The van der Waals surface area contributed by atoms with Crippen LogP contribution in [0.4, 0.5) is 0 Å². The molecule has 0 unspecified atom stereocenters. The first-order valence-corrected chi connectivity index (χ1v) is 4.50. The Labute approximate surface area is 72.8 Å². The van der Waals surface area contributed by atoms with Gasteiger partial charge in [-0.1, -0.05) is 22.0 Å². The molecule has 1 aromatic carbocycles. The van der Waals surface area contributed by atoms with E-state index in [2.05, 4.69) is 38.0 Å². The van der Waals surface area contributed by atoms with Crippen molar-refractivity contribution in [3.8, 4) is 0 Å². The van der Waals surface area contributed by atoms with E-state index >= 15 is 0 Å². The van der Waals surface area contributed by atoms with E-state index in [0.717, 1.165) is 16.4 Å². The number of hydrogen-bond acceptors (Lipinski definition) is 1. The van der Waals surface area contributed by atoms with Crippen LogP contribution >= 0.6 is 15.9 Å². The van der Waals surface area contributed by atoms with Crippen LogP contribution in [0, 0.1) is 0 Å². The highest BCUT2D eigenvalue weighted by Gasteiger charge is 1.95. The summed E-state index contributed by atoms with van der Waals surface area (Å²) in [5, 5.41) is 0.891. The van der Waals surface area contributed by atoms with Crippen LogP contribution < -0.4 is 0 Å². The Balaban J connectivity index is 2.67. The molecule has 1 aromatic heterocycles. The summed E-state index contributed by atoms with van der Waals surface area (Å²) in [5.41, 5.74) is 3.39. The van der Waals surface area contributed by atoms with Crippen LogP contribution in [0.5, 0.6) is 0 Å². The molecule has 1 N–H and O–H groups in total. The minimum absolute atomic E-state index is 0.891. The van der Waals surface area contributed by atoms with Gasteiger partial charge in [0.05, 0.1) is 17.4 Å². The van der Waals surface area contributed by atoms with E-state index in [0.29, 0.717) is 0 Å². The summed E-state index contributed by atoms with van der Waals surface area (Å²) in [5.74, 6) is 0. The second-order valence-electron chi connectivity index (χ2n) is 2.39. The van der Waals surface area contributed by atoms with Crippen molar-refractivity contribution in [1.82, 2.24) is 9.97 Å². The van der Waals surface area contributed by atoms with E-state index < -0.39 is 0 Å². The molecule has 0 radical (unpaired) electrons. The van der Waals surface area contributed by atoms with Crippen LogP contribution in [0.1, 0.15) is 5.56 Å². The summed E-state index contributed by atoms with van der Waals surface area (Å²) in [6.45, 7) is 0. The quantitative estimate of drug-likeness (QED) is 0.721. The third-order valence-corrected chi connectivity index (χ3v) is 2.29. The van der Waals surface area contributed by atoms with Gasteiger partial charge in [-0.15, -0.1) is 0 Å². The minimum Gasteiger partial charge on any atom is -0.345 e. The fourth-order valence-corrected chi connectivity index (χ4v) is 1.41. The standard InChI is InChI=1S/C8H7BrN2/c9-4-6-1-2-7-8(3-6)11-5-10-7/h1-3,5H,4H2,(H,10,11). The SMILES string of the molecule is BrCc1ccc2nc[nH]c2c1. The molecule has 11 heavy (non-hydrogen) atoms. The molecule has 2 rings (SSSR count). The first kappa shape index (κ1) is 6.85. The van der Waals surface area contributed by atoms with Gasteiger partial charge in [-0.25, -0.2) is 4.98 Å². The highest BCUT2D eigenvalue weighted by atomic mass is 79.9. The lowest BCUT2D eigenvalue weighted by molar-refractivity contribution is 1.34. The van der Waals surface area contributed by atoms with Gasteiger partial charge < -0.3 is 4.98 Å². The zero-order valence-electron chi connectivity index (χ0n) is 5.84. The summed E-state index contributed by atoms with van der Waals surface area (Å²) in [6.07, 6.45) is 1.71. The van der Waals surface area contributed by atoms with Crippen molar-refractivity contribution in [3.63, 3.8) is 0 Å². The third-order valence-electron chi connectivity index (χ3n) is 1.64. The molecule has 3 heteroatoms. The maximum atomic E-state index is 4.12. The lowest BCUT2D eigenvalue weighted by Crippen LogP contribution is -1.76. The van der Waals surface area contributed by atoms with Gasteiger partial charge in [0.15, 0.2) is 0 Å². The molecular formula is C8H7BrN2. The van der Waals surface area contributed by atoms with Gasteiger partial charge >= 0.3 is 0 Å². The molecule has 2 nitrogen and oxygen atoms in total. The number of imidazole rings is 1. The summed E-state index contributed by atoms with van der Waals surface area (Å²) in [6, 6.07) is 6.18. The number of alkyl halides is 1. The number of aromatic amines is 1. The van der Waals surface area contributed by atoms with Crippen LogP contribution in [-0.2, 0) is 5.33 Å². The monoisotopic (exact) mass is 210 g/mol. The Morgan fingerprint density at radius 2 is 2.36 bits per heavy atom. The van der Waals surface area contributed by atoms with Gasteiger partial charge in [0.25, 0.3) is 0 Å². The Kier molecular flexibility index (Phi) is 1.66. The molecule has 2 aromatic rings. The maximum absolute atomic E-state index is 4.12. The number of rotatable bonds is 1. The van der Waals surface area contributed by atoms with E-state index in [-0.39, 0.29) is 0 Å². The number of nitrogens with one attached hydrogen (secondary N) is 1. The predicted molar refractivity (Wildman–Crippen MR) is 48.7 cm³/mol. The topological polar surface area (TPSA) is 28.7 Å². The van der Waals surface area contributed by atoms with Crippen molar-refractivity contribution in [2.75, 3.05) is 0 Å². The van der Waals surface area contributed by atoms with E-state index in [1.807, 2.05) is 6.07 Å². The molecule has 0 aliphatic carbocycles. The molecule has 0 spiro atoms. The van der Waals surface area contributed by atoms with Gasteiger partial charge in [-0.2, -0.15) is 0 Å². The molecule has 0 saturated carbocycles. The smallest absolute Gasteiger partial charge is 0.0931 e. The van der Waals surface area contributed by atoms with E-state index in [1.54, 1.807) is 6.33 Å². The molecule has 0 saturated heterocycles. The molecule has 0 fully saturated rings. The van der Waals surface area contributed by atoms with Crippen LogP contribution in [0.15, 0.2) is 24.5 Å². The van der Waals surface area contributed by atoms with Crippen molar-refractivity contribution in [1.29, 1.82) is 0 Å². The predicted octanol–water partition coefficient (Wildman–Crippen LogP) is 2.46. The van der Waals surface area contributed by atoms with Gasteiger partial charge in [-0.3, -0.25) is 0 Å². The first-order chi connectivity index (χ1) is 5.40. The lowest BCUT2D eigenvalue weighted by atomic mass is 10.2. The minimum atomic E-state index is 0.891. The Morgan fingerprint density at radius 1 is 1.45 bits per heavy atom. The molecule has 56 valence electrons. The molecule has 0 aliphatic rings. The van der Waals surface area contributed by atoms with Gasteiger partial charge in [0, 0.05) is 5.33 Å². The zero-order chi connectivity index (χ0) is 7.68.